The van der Waals surface area contributed by atoms with E-state index in [2.05, 4.69) is 55.0 Å². The van der Waals surface area contributed by atoms with Gasteiger partial charge in [-0.05, 0) is 35.7 Å². The van der Waals surface area contributed by atoms with Crippen LogP contribution >= 0.6 is 0 Å². The summed E-state index contributed by atoms with van der Waals surface area (Å²) in [7, 11) is 0. The highest BCUT2D eigenvalue weighted by molar-refractivity contribution is 5.95. The van der Waals surface area contributed by atoms with E-state index < -0.39 is 6.10 Å². The number of pyridine rings is 1. The Kier molecular flexibility index (Phi) is 6.14. The Morgan fingerprint density at radius 1 is 1.18 bits per heavy atom. The van der Waals surface area contributed by atoms with Crippen molar-refractivity contribution in [3.8, 4) is 5.75 Å². The van der Waals surface area contributed by atoms with Gasteiger partial charge < -0.3 is 20.5 Å². The highest BCUT2D eigenvalue weighted by Crippen LogP contribution is 2.25. The largest absolute Gasteiger partial charge is 0.486 e. The highest BCUT2D eigenvalue weighted by Gasteiger charge is 2.27. The van der Waals surface area contributed by atoms with Crippen LogP contribution in [0.3, 0.4) is 0 Å². The van der Waals surface area contributed by atoms with E-state index in [4.69, 9.17) is 4.74 Å². The Hall–Kier alpha value is -3.56. The molecule has 1 amide bonds. The number of anilines is 2. The lowest BCUT2D eigenvalue weighted by Gasteiger charge is -2.31. The van der Waals surface area contributed by atoms with Gasteiger partial charge >= 0.3 is 0 Å². The quantitative estimate of drug-likeness (QED) is 0.527. The van der Waals surface area contributed by atoms with Crippen molar-refractivity contribution >= 4 is 17.4 Å². The minimum atomic E-state index is -0.563. The first kappa shape index (κ1) is 21.3. The highest BCUT2D eigenvalue weighted by atomic mass is 16.5. The van der Waals surface area contributed by atoms with E-state index >= 15 is 0 Å². The van der Waals surface area contributed by atoms with Gasteiger partial charge in [0.15, 0.2) is 11.4 Å². The Balaban J connectivity index is 1.21. The molecular formula is C24H26N6O3. The fourth-order valence-electron chi connectivity index (χ4n) is 4.32. The van der Waals surface area contributed by atoms with E-state index in [1.54, 1.807) is 30.6 Å². The first-order valence-corrected chi connectivity index (χ1v) is 11.1. The number of aliphatic hydroxyl groups excluding tert-OH is 1. The van der Waals surface area contributed by atoms with Crippen LogP contribution in [0.1, 0.15) is 28.0 Å². The number of β-amino-alcohol motifs (C(OH)–C–C–N with tert-alkyl or cyclic N) is 1. The summed E-state index contributed by atoms with van der Waals surface area (Å²) >= 11 is 0. The van der Waals surface area contributed by atoms with Gasteiger partial charge in [-0.3, -0.25) is 9.69 Å². The van der Waals surface area contributed by atoms with Gasteiger partial charge in [-0.1, -0.05) is 24.3 Å². The van der Waals surface area contributed by atoms with Gasteiger partial charge in [0.25, 0.3) is 5.91 Å². The van der Waals surface area contributed by atoms with Crippen LogP contribution < -0.4 is 15.4 Å². The number of aliphatic hydroxyl groups is 1. The number of amides is 1. The molecular weight excluding hydrogens is 420 g/mol. The van der Waals surface area contributed by atoms with Crippen molar-refractivity contribution in [3.63, 3.8) is 0 Å². The standard InChI is InChI=1S/C24H26N6O3/c31-19(15-30-10-8-16-3-1-2-4-17(16)14-30)11-20-13-25-24(32)23-21(33-20)5-6-22(29-23)28-18-7-9-26-27-12-18/h1-7,9,12,19-20,31H,8,10-11,13-15H2,(H,25,32)(H,26,28,29). The molecule has 0 spiro atoms. The summed E-state index contributed by atoms with van der Waals surface area (Å²) in [5, 5.41) is 24.3. The van der Waals surface area contributed by atoms with Gasteiger partial charge in [-0.15, -0.1) is 0 Å². The summed E-state index contributed by atoms with van der Waals surface area (Å²) in [5.74, 6) is 0.614. The summed E-state index contributed by atoms with van der Waals surface area (Å²) in [5.41, 5.74) is 3.64. The number of rotatable bonds is 6. The number of hydrogen-bond donors (Lipinski definition) is 3. The van der Waals surface area contributed by atoms with Gasteiger partial charge in [0.1, 0.15) is 11.9 Å². The number of nitrogens with zero attached hydrogens (tertiary/aromatic N) is 4. The average Bonchev–Trinajstić information content (AvgIpc) is 2.98. The summed E-state index contributed by atoms with van der Waals surface area (Å²) < 4.78 is 6.07. The minimum Gasteiger partial charge on any atom is -0.486 e. The zero-order chi connectivity index (χ0) is 22.6. The molecule has 33 heavy (non-hydrogen) atoms. The lowest BCUT2D eigenvalue weighted by atomic mass is 9.99. The van der Waals surface area contributed by atoms with Crippen LogP contribution in [-0.2, 0) is 13.0 Å². The number of benzene rings is 1. The predicted molar refractivity (Wildman–Crippen MR) is 122 cm³/mol. The van der Waals surface area contributed by atoms with Crippen LogP contribution in [0.15, 0.2) is 54.9 Å². The fourth-order valence-corrected chi connectivity index (χ4v) is 4.32. The molecule has 2 aliphatic rings. The minimum absolute atomic E-state index is 0.214. The smallest absolute Gasteiger partial charge is 0.273 e. The normalized spacial score (nSPS) is 18.8. The molecule has 0 fully saturated rings. The van der Waals surface area contributed by atoms with Crippen LogP contribution in [0.5, 0.6) is 5.75 Å². The van der Waals surface area contributed by atoms with E-state index in [1.807, 2.05) is 0 Å². The molecule has 2 unspecified atom stereocenters. The first-order chi connectivity index (χ1) is 16.1. The number of nitrogens with one attached hydrogen (secondary N) is 2. The van der Waals surface area contributed by atoms with Crippen LogP contribution in [0.25, 0.3) is 0 Å². The average molecular weight is 447 g/mol. The van der Waals surface area contributed by atoms with Crippen LogP contribution in [0, 0.1) is 0 Å². The number of ether oxygens (including phenoxy) is 1. The van der Waals surface area contributed by atoms with Crippen molar-refractivity contribution in [1.82, 2.24) is 25.4 Å². The molecule has 0 saturated heterocycles. The second-order valence-corrected chi connectivity index (χ2v) is 8.39. The molecule has 9 nitrogen and oxygen atoms in total. The molecule has 2 aromatic heterocycles. The van der Waals surface area contributed by atoms with Crippen molar-refractivity contribution < 1.29 is 14.6 Å². The molecule has 0 bridgehead atoms. The number of carbonyl (C=O) groups excluding carboxylic acids is 1. The maximum atomic E-state index is 12.6. The molecule has 0 saturated carbocycles. The molecule has 2 atom stereocenters. The SMILES string of the molecule is O=C1NCC(CC(O)CN2CCc3ccccc3C2)Oc2ccc(Nc3ccnnc3)nc21. The molecule has 2 aliphatic heterocycles. The predicted octanol–water partition coefficient (Wildman–Crippen LogP) is 1.92. The number of hydrogen-bond acceptors (Lipinski definition) is 8. The maximum absolute atomic E-state index is 12.6. The van der Waals surface area contributed by atoms with Gasteiger partial charge in [0.2, 0.25) is 0 Å². The Morgan fingerprint density at radius 3 is 2.91 bits per heavy atom. The summed E-state index contributed by atoms with van der Waals surface area (Å²) in [6, 6.07) is 13.7. The monoisotopic (exact) mass is 446 g/mol. The number of aromatic nitrogens is 3. The van der Waals surface area contributed by atoms with E-state index in [-0.39, 0.29) is 17.7 Å². The van der Waals surface area contributed by atoms with E-state index in [1.165, 1.54) is 11.1 Å². The van der Waals surface area contributed by atoms with Crippen molar-refractivity contribution in [3.05, 3.63) is 71.7 Å². The summed E-state index contributed by atoms with van der Waals surface area (Å²) in [4.78, 5) is 19.3. The summed E-state index contributed by atoms with van der Waals surface area (Å²) in [6.07, 6.45) is 3.64. The second-order valence-electron chi connectivity index (χ2n) is 8.39. The van der Waals surface area contributed by atoms with Crippen molar-refractivity contribution in [2.75, 3.05) is 25.0 Å². The fraction of sp³-hybridized carbons (Fsp3) is 0.333. The zero-order valence-electron chi connectivity index (χ0n) is 18.1. The number of fused-ring (bicyclic) bond motifs is 2. The molecule has 3 aromatic rings. The lowest BCUT2D eigenvalue weighted by molar-refractivity contribution is 0.0602. The Bertz CT molecular complexity index is 1130. The first-order valence-electron chi connectivity index (χ1n) is 11.1. The zero-order valence-corrected chi connectivity index (χ0v) is 18.1. The molecule has 4 heterocycles. The molecule has 9 heteroatoms. The van der Waals surface area contributed by atoms with Crippen LogP contribution in [0.2, 0.25) is 0 Å². The third-order valence-corrected chi connectivity index (χ3v) is 5.93. The molecule has 170 valence electrons. The van der Waals surface area contributed by atoms with Gasteiger partial charge in [0.05, 0.1) is 30.7 Å². The molecule has 1 aromatic carbocycles. The Morgan fingerprint density at radius 2 is 2.06 bits per heavy atom. The maximum Gasteiger partial charge on any atom is 0.273 e. The second kappa shape index (κ2) is 9.51. The van der Waals surface area contributed by atoms with Gasteiger partial charge in [-0.25, -0.2) is 4.98 Å². The topological polar surface area (TPSA) is 112 Å². The summed E-state index contributed by atoms with van der Waals surface area (Å²) in [6.45, 7) is 2.64. The van der Waals surface area contributed by atoms with Crippen LogP contribution in [0.4, 0.5) is 11.5 Å². The molecule has 0 aliphatic carbocycles. The van der Waals surface area contributed by atoms with Crippen LogP contribution in [-0.4, -0.2) is 62.9 Å². The number of carbonyl (C=O) groups is 1. The van der Waals surface area contributed by atoms with Gasteiger partial charge in [0, 0.05) is 26.1 Å². The molecule has 5 rings (SSSR count). The third-order valence-electron chi connectivity index (χ3n) is 5.93. The van der Waals surface area contributed by atoms with Crippen molar-refractivity contribution in [2.24, 2.45) is 0 Å². The van der Waals surface area contributed by atoms with Gasteiger partial charge in [-0.2, -0.15) is 10.2 Å². The van der Waals surface area contributed by atoms with E-state index in [0.29, 0.717) is 36.8 Å². The van der Waals surface area contributed by atoms with E-state index in [0.717, 1.165) is 19.5 Å². The van der Waals surface area contributed by atoms with Crippen molar-refractivity contribution in [2.45, 2.75) is 31.6 Å². The molecule has 0 radical (unpaired) electrons. The Labute approximate surface area is 191 Å². The van der Waals surface area contributed by atoms with E-state index in [9.17, 15) is 9.90 Å². The molecule has 3 N–H and O–H groups in total. The third kappa shape index (κ3) is 5.10. The lowest BCUT2D eigenvalue weighted by Crippen LogP contribution is -2.40. The van der Waals surface area contributed by atoms with Crippen molar-refractivity contribution in [1.29, 1.82) is 0 Å².